The maximum absolute atomic E-state index is 13.1. The maximum atomic E-state index is 13.1. The number of rotatable bonds is 6. The second-order valence-electron chi connectivity index (χ2n) is 7.09. The van der Waals surface area contributed by atoms with Gasteiger partial charge in [0.25, 0.3) is 5.91 Å². The van der Waals surface area contributed by atoms with Gasteiger partial charge in [0.2, 0.25) is 0 Å². The first kappa shape index (κ1) is 24.5. The van der Waals surface area contributed by atoms with Gasteiger partial charge in [-0.25, -0.2) is 0 Å². The molecular weight excluding hydrogens is 603 g/mol. The number of carbonyl (C=O) groups is 1. The minimum atomic E-state index is -0.195. The molecule has 1 saturated heterocycles. The van der Waals surface area contributed by atoms with Crippen LogP contribution in [0.3, 0.4) is 0 Å². The molecule has 5 nitrogen and oxygen atoms in total. The Kier molecular flexibility index (Phi) is 7.78. The molecule has 9 heteroatoms. The van der Waals surface area contributed by atoms with E-state index >= 15 is 0 Å². The van der Waals surface area contributed by atoms with Crippen molar-refractivity contribution < 1.29 is 14.3 Å². The lowest BCUT2D eigenvalue weighted by molar-refractivity contribution is -0.113. The number of thioether (sulfide) groups is 1. The Hall–Kier alpha value is -2.58. The van der Waals surface area contributed by atoms with Gasteiger partial charge in [0.1, 0.15) is 6.61 Å². The molecule has 0 saturated carbocycles. The Bertz CT molecular complexity index is 1350. The van der Waals surface area contributed by atoms with Gasteiger partial charge in [0.05, 0.1) is 32.9 Å². The topological polar surface area (TPSA) is 62.6 Å². The van der Waals surface area contributed by atoms with Crippen LogP contribution in [0.25, 0.3) is 6.08 Å². The third kappa shape index (κ3) is 5.23. The van der Waals surface area contributed by atoms with Crippen molar-refractivity contribution in [3.63, 3.8) is 0 Å². The molecule has 0 unspecified atom stereocenters. The number of carbonyl (C=O) groups excluding carboxylic acids is 1. The van der Waals surface area contributed by atoms with Crippen LogP contribution < -0.4 is 14.4 Å². The van der Waals surface area contributed by atoms with Gasteiger partial charge in [-0.2, -0.15) is 5.26 Å². The fraction of sp³-hybridized carbons (Fsp3) is 0.0800. The SMILES string of the molecule is COc1cc(/C=C2\SC(=S)N(c3ccc(Cl)cc3)C2=O)cc(I)c1OCc1ccccc1C#N. The highest BCUT2D eigenvalue weighted by Gasteiger charge is 2.33. The number of thiocarbonyl (C=S) groups is 1. The van der Waals surface area contributed by atoms with Gasteiger partial charge in [-0.3, -0.25) is 9.69 Å². The van der Waals surface area contributed by atoms with Crippen molar-refractivity contribution in [2.75, 3.05) is 12.0 Å². The standard InChI is InChI=1S/C25H16ClIN2O3S2/c1-31-21-11-15(10-20(27)23(21)32-14-17-5-3-2-4-16(17)13-28)12-22-24(30)29(25(33)34-22)19-8-6-18(26)7-9-19/h2-12H,14H2,1H3/b22-12-. The van der Waals surface area contributed by atoms with Gasteiger partial charge in [-0.1, -0.05) is 53.8 Å². The van der Waals surface area contributed by atoms with E-state index < -0.39 is 0 Å². The molecule has 0 aromatic heterocycles. The summed E-state index contributed by atoms with van der Waals surface area (Å²) in [5.41, 5.74) is 2.81. The lowest BCUT2D eigenvalue weighted by atomic mass is 10.1. The Labute approximate surface area is 225 Å². The molecule has 0 spiro atoms. The number of methoxy groups -OCH3 is 1. The third-order valence-corrected chi connectivity index (χ3v) is 7.29. The van der Waals surface area contributed by atoms with Crippen LogP contribution in [0, 0.1) is 14.9 Å². The summed E-state index contributed by atoms with van der Waals surface area (Å²) in [7, 11) is 1.56. The predicted octanol–water partition coefficient (Wildman–Crippen LogP) is 6.81. The molecule has 1 aliphatic rings. The van der Waals surface area contributed by atoms with Crippen LogP contribution in [-0.4, -0.2) is 17.3 Å². The molecule has 170 valence electrons. The molecule has 0 bridgehead atoms. The molecule has 3 aromatic carbocycles. The molecule has 4 rings (SSSR count). The van der Waals surface area contributed by atoms with Crippen molar-refractivity contribution in [1.82, 2.24) is 0 Å². The van der Waals surface area contributed by atoms with Crippen LogP contribution in [0.2, 0.25) is 5.02 Å². The minimum absolute atomic E-state index is 0.195. The molecule has 1 amide bonds. The summed E-state index contributed by atoms with van der Waals surface area (Å²) < 4.78 is 12.8. The molecule has 1 heterocycles. The van der Waals surface area contributed by atoms with Crippen molar-refractivity contribution >= 4 is 80.2 Å². The molecule has 1 fully saturated rings. The van der Waals surface area contributed by atoms with Gasteiger partial charge in [0, 0.05) is 10.6 Å². The molecule has 0 aliphatic carbocycles. The van der Waals surface area contributed by atoms with Gasteiger partial charge in [0.15, 0.2) is 15.8 Å². The summed E-state index contributed by atoms with van der Waals surface area (Å²) in [6, 6.07) is 20.2. The third-order valence-electron chi connectivity index (χ3n) is 4.94. The van der Waals surface area contributed by atoms with Gasteiger partial charge >= 0.3 is 0 Å². The summed E-state index contributed by atoms with van der Waals surface area (Å²) in [5.74, 6) is 0.905. The first-order chi connectivity index (χ1) is 16.4. The van der Waals surface area contributed by atoms with Gasteiger partial charge in [-0.15, -0.1) is 0 Å². The van der Waals surface area contributed by atoms with Crippen LogP contribution in [0.1, 0.15) is 16.7 Å². The number of nitrogens with zero attached hydrogens (tertiary/aromatic N) is 2. The largest absolute Gasteiger partial charge is 0.493 e. The predicted molar refractivity (Wildman–Crippen MR) is 148 cm³/mol. The van der Waals surface area contributed by atoms with Gasteiger partial charge in [-0.05, 0) is 76.7 Å². The van der Waals surface area contributed by atoms with E-state index in [2.05, 4.69) is 28.7 Å². The Morgan fingerprint density at radius 3 is 2.65 bits per heavy atom. The van der Waals surface area contributed by atoms with Crippen LogP contribution in [0.4, 0.5) is 5.69 Å². The lowest BCUT2D eigenvalue weighted by Crippen LogP contribution is -2.27. The van der Waals surface area contributed by atoms with E-state index in [9.17, 15) is 10.1 Å². The van der Waals surface area contributed by atoms with E-state index in [1.54, 1.807) is 43.5 Å². The van der Waals surface area contributed by atoms with Gasteiger partial charge < -0.3 is 9.47 Å². The number of hydrogen-bond acceptors (Lipinski definition) is 6. The number of hydrogen-bond donors (Lipinski definition) is 0. The fourth-order valence-electron chi connectivity index (χ4n) is 3.30. The van der Waals surface area contributed by atoms with Crippen LogP contribution in [-0.2, 0) is 11.4 Å². The average Bonchev–Trinajstić information content (AvgIpc) is 3.11. The van der Waals surface area contributed by atoms with E-state index in [-0.39, 0.29) is 12.5 Å². The number of anilines is 1. The van der Waals surface area contributed by atoms with E-state index in [1.807, 2.05) is 30.3 Å². The van der Waals surface area contributed by atoms with Crippen molar-refractivity contribution in [2.45, 2.75) is 6.61 Å². The molecular formula is C25H16ClIN2O3S2. The Morgan fingerprint density at radius 2 is 1.94 bits per heavy atom. The number of halogens is 2. The monoisotopic (exact) mass is 618 g/mol. The first-order valence-corrected chi connectivity index (χ1v) is 12.6. The van der Waals surface area contributed by atoms with Crippen molar-refractivity contribution in [2.24, 2.45) is 0 Å². The second kappa shape index (κ2) is 10.8. The molecule has 0 N–H and O–H groups in total. The van der Waals surface area contributed by atoms with E-state index in [0.29, 0.717) is 37.0 Å². The number of amides is 1. The van der Waals surface area contributed by atoms with Crippen LogP contribution in [0.15, 0.2) is 65.6 Å². The molecule has 1 aliphatic heterocycles. The first-order valence-electron chi connectivity index (χ1n) is 9.93. The highest BCUT2D eigenvalue weighted by molar-refractivity contribution is 14.1. The number of nitriles is 1. The molecule has 34 heavy (non-hydrogen) atoms. The second-order valence-corrected chi connectivity index (χ2v) is 10.4. The highest BCUT2D eigenvalue weighted by atomic mass is 127. The lowest BCUT2D eigenvalue weighted by Gasteiger charge is -2.15. The van der Waals surface area contributed by atoms with E-state index in [1.165, 1.54) is 16.7 Å². The summed E-state index contributed by atoms with van der Waals surface area (Å²) >= 11 is 14.8. The van der Waals surface area contributed by atoms with E-state index in [4.69, 9.17) is 33.3 Å². The normalized spacial score (nSPS) is 14.4. The average molecular weight is 619 g/mol. The summed E-state index contributed by atoms with van der Waals surface area (Å²) in [6.07, 6.45) is 1.79. The number of ether oxygens (including phenoxy) is 2. The fourth-order valence-corrected chi connectivity index (χ4v) is 5.51. The smallest absolute Gasteiger partial charge is 0.270 e. The maximum Gasteiger partial charge on any atom is 0.270 e. The van der Waals surface area contributed by atoms with Crippen LogP contribution >= 0.6 is 58.2 Å². The number of benzene rings is 3. The molecule has 0 atom stereocenters. The minimum Gasteiger partial charge on any atom is -0.493 e. The molecule has 0 radical (unpaired) electrons. The van der Waals surface area contributed by atoms with Crippen molar-refractivity contribution in [1.29, 1.82) is 5.26 Å². The summed E-state index contributed by atoms with van der Waals surface area (Å²) in [5, 5.41) is 9.89. The zero-order chi connectivity index (χ0) is 24.2. The Balaban J connectivity index is 1.59. The summed E-state index contributed by atoms with van der Waals surface area (Å²) in [4.78, 5) is 15.1. The van der Waals surface area contributed by atoms with E-state index in [0.717, 1.165) is 14.7 Å². The quantitative estimate of drug-likeness (QED) is 0.172. The van der Waals surface area contributed by atoms with Crippen molar-refractivity contribution in [3.05, 3.63) is 90.9 Å². The highest BCUT2D eigenvalue weighted by Crippen LogP contribution is 2.39. The summed E-state index contributed by atoms with van der Waals surface area (Å²) in [6.45, 7) is 0.231. The Morgan fingerprint density at radius 1 is 1.21 bits per heavy atom. The molecule has 3 aromatic rings. The van der Waals surface area contributed by atoms with Crippen molar-refractivity contribution in [3.8, 4) is 17.6 Å². The zero-order valence-corrected chi connectivity index (χ0v) is 22.3. The zero-order valence-electron chi connectivity index (χ0n) is 17.7. The van der Waals surface area contributed by atoms with Crippen LogP contribution in [0.5, 0.6) is 11.5 Å².